The number of halogens is 1. The van der Waals surface area contributed by atoms with Crippen LogP contribution in [0.4, 0.5) is 16.2 Å². The number of rotatable bonds is 8. The molecule has 258 valence electrons. The molecule has 3 atom stereocenters. The van der Waals surface area contributed by atoms with Gasteiger partial charge in [-0.15, -0.1) is 0 Å². The van der Waals surface area contributed by atoms with Crippen molar-refractivity contribution in [1.29, 1.82) is 0 Å². The molecule has 2 unspecified atom stereocenters. The third-order valence-electron chi connectivity index (χ3n) is 11.8. The molecule has 4 amide bonds. The van der Waals surface area contributed by atoms with Crippen LogP contribution in [0, 0.1) is 5.92 Å². The molecule has 5 aliphatic heterocycles. The average molecular weight is 676 g/mol. The molecule has 2 aromatic carbocycles. The number of amides is 4. The number of nitrogens with two attached hydrogens (primary N) is 1. The van der Waals surface area contributed by atoms with Crippen LogP contribution in [0.2, 0.25) is 5.02 Å². The molecule has 10 nitrogen and oxygen atoms in total. The van der Waals surface area contributed by atoms with E-state index in [1.54, 1.807) is 0 Å². The number of benzene rings is 2. The predicted molar refractivity (Wildman–Crippen MR) is 189 cm³/mol. The summed E-state index contributed by atoms with van der Waals surface area (Å²) in [6, 6.07) is 13.6. The number of likely N-dealkylation sites (N-methyl/N-ethyl adjacent to an activating group) is 1. The van der Waals surface area contributed by atoms with Gasteiger partial charge in [0.1, 0.15) is 0 Å². The second kappa shape index (κ2) is 13.9. The van der Waals surface area contributed by atoms with Crippen LogP contribution >= 0.6 is 11.6 Å². The summed E-state index contributed by atoms with van der Waals surface area (Å²) in [7, 11) is 2.23. The maximum Gasteiger partial charge on any atom is 0.322 e. The highest BCUT2D eigenvalue weighted by molar-refractivity contribution is 6.33. The minimum absolute atomic E-state index is 0.00426. The van der Waals surface area contributed by atoms with Crippen molar-refractivity contribution in [3.63, 3.8) is 0 Å². The summed E-state index contributed by atoms with van der Waals surface area (Å²) in [4.78, 5) is 52.0. The summed E-state index contributed by atoms with van der Waals surface area (Å²) in [5.74, 6) is -0.407. The lowest BCUT2D eigenvalue weighted by atomic mass is 9.91. The SMILES string of the molecule is CCc1cc(C[C@@H](CC(=O)N2CCC(N3Cc4ccccc4NC3=O)CC2)C(=O)N2CCC(N3CC4CC3CN4C)CC2)cc(Cl)c1N. The Kier molecular flexibility index (Phi) is 9.59. The summed E-state index contributed by atoms with van der Waals surface area (Å²) < 4.78 is 0. The second-order valence-corrected chi connectivity index (χ2v) is 15.1. The summed E-state index contributed by atoms with van der Waals surface area (Å²) >= 11 is 6.53. The molecule has 2 bridgehead atoms. The van der Waals surface area contributed by atoms with Gasteiger partial charge in [0.05, 0.1) is 16.6 Å². The highest BCUT2D eigenvalue weighted by atomic mass is 35.5. The van der Waals surface area contributed by atoms with Gasteiger partial charge in [-0.05, 0) is 80.8 Å². The number of nitrogens with one attached hydrogen (secondary N) is 1. The molecule has 0 aromatic heterocycles. The lowest BCUT2D eigenvalue weighted by molar-refractivity contribution is -0.143. The van der Waals surface area contributed by atoms with E-state index in [2.05, 4.69) is 22.2 Å². The van der Waals surface area contributed by atoms with E-state index in [0.29, 0.717) is 54.9 Å². The van der Waals surface area contributed by atoms with Crippen LogP contribution in [0.5, 0.6) is 0 Å². The molecule has 11 heteroatoms. The van der Waals surface area contributed by atoms with Crippen molar-refractivity contribution < 1.29 is 14.4 Å². The molecule has 0 saturated carbocycles. The smallest absolute Gasteiger partial charge is 0.322 e. The zero-order valence-corrected chi connectivity index (χ0v) is 29.1. The predicted octanol–water partition coefficient (Wildman–Crippen LogP) is 4.45. The quantitative estimate of drug-likeness (QED) is 0.401. The standard InChI is InChI=1S/C37H50ClN7O3/c1-3-25-16-24(18-32(38)35(25)39)17-27(36(47)43-14-10-28(11-15-43)44-23-30-20-31(44)22-41(30)2)19-34(46)42-12-8-29(9-13-42)45-21-26-6-4-5-7-33(26)40-37(45)48/h4-7,16,18,27-31H,3,8-15,17,19-23,39H2,1-2H3,(H,40,48)/t27-,30?,31?/m0/s1. The topological polar surface area (TPSA) is 105 Å². The largest absolute Gasteiger partial charge is 0.397 e. The van der Waals surface area contributed by atoms with Crippen molar-refractivity contribution in [1.82, 2.24) is 24.5 Å². The van der Waals surface area contributed by atoms with Gasteiger partial charge in [-0.1, -0.05) is 42.8 Å². The molecule has 7 rings (SSSR count). The van der Waals surface area contributed by atoms with E-state index in [-0.39, 0.29) is 30.3 Å². The van der Waals surface area contributed by atoms with Crippen LogP contribution in [0.25, 0.3) is 0 Å². The maximum atomic E-state index is 14.2. The number of urea groups is 1. The number of likely N-dealkylation sites (tertiary alicyclic amines) is 4. The maximum absolute atomic E-state index is 14.2. The van der Waals surface area contributed by atoms with Gasteiger partial charge in [-0.3, -0.25) is 14.5 Å². The number of aryl methyl sites for hydroxylation is 1. The molecular formula is C37H50ClN7O3. The Labute approximate surface area is 289 Å². The number of nitrogen functional groups attached to an aromatic ring is 1. The van der Waals surface area contributed by atoms with E-state index in [1.807, 2.05) is 58.0 Å². The van der Waals surface area contributed by atoms with E-state index >= 15 is 0 Å². The molecule has 0 spiro atoms. The van der Waals surface area contributed by atoms with Crippen LogP contribution in [0.1, 0.15) is 62.1 Å². The molecule has 4 saturated heterocycles. The van der Waals surface area contributed by atoms with Crippen molar-refractivity contribution in [2.24, 2.45) is 5.92 Å². The lowest BCUT2D eigenvalue weighted by Gasteiger charge is -2.42. The van der Waals surface area contributed by atoms with E-state index in [1.165, 1.54) is 6.42 Å². The van der Waals surface area contributed by atoms with E-state index in [9.17, 15) is 14.4 Å². The van der Waals surface area contributed by atoms with Crippen LogP contribution < -0.4 is 11.1 Å². The molecular weight excluding hydrogens is 626 g/mol. The zero-order chi connectivity index (χ0) is 33.5. The Morgan fingerprint density at radius 2 is 1.67 bits per heavy atom. The van der Waals surface area contributed by atoms with Crippen molar-refractivity contribution in [2.75, 3.05) is 57.4 Å². The summed E-state index contributed by atoms with van der Waals surface area (Å²) in [6.45, 7) is 7.51. The van der Waals surface area contributed by atoms with Gasteiger partial charge in [0.15, 0.2) is 0 Å². The van der Waals surface area contributed by atoms with Crippen LogP contribution in [-0.2, 0) is 29.0 Å². The molecule has 0 radical (unpaired) electrons. The highest BCUT2D eigenvalue weighted by Crippen LogP contribution is 2.35. The first-order chi connectivity index (χ1) is 23.2. The van der Waals surface area contributed by atoms with Gasteiger partial charge in [-0.2, -0.15) is 0 Å². The van der Waals surface area contributed by atoms with Gasteiger partial charge < -0.3 is 30.7 Å². The van der Waals surface area contributed by atoms with E-state index < -0.39 is 5.92 Å². The number of hydrogen-bond acceptors (Lipinski definition) is 6. The van der Waals surface area contributed by atoms with Crippen LogP contribution in [-0.4, -0.2) is 113 Å². The van der Waals surface area contributed by atoms with Gasteiger partial charge in [0.2, 0.25) is 11.8 Å². The van der Waals surface area contributed by atoms with E-state index in [4.69, 9.17) is 17.3 Å². The molecule has 5 aliphatic rings. The van der Waals surface area contributed by atoms with Gasteiger partial charge in [-0.25, -0.2) is 4.79 Å². The number of fused-ring (bicyclic) bond motifs is 3. The molecule has 4 fully saturated rings. The normalized spacial score (nSPS) is 24.6. The van der Waals surface area contributed by atoms with E-state index in [0.717, 1.165) is 80.7 Å². The zero-order valence-electron chi connectivity index (χ0n) is 28.4. The van der Waals surface area contributed by atoms with Crippen molar-refractivity contribution in [3.05, 3.63) is 58.1 Å². The monoisotopic (exact) mass is 675 g/mol. The summed E-state index contributed by atoms with van der Waals surface area (Å²) in [5, 5.41) is 3.52. The first kappa shape index (κ1) is 33.2. The van der Waals surface area contributed by atoms with Crippen LogP contribution in [0.15, 0.2) is 36.4 Å². The Balaban J connectivity index is 1.000. The minimum Gasteiger partial charge on any atom is -0.397 e. The average Bonchev–Trinajstić information content (AvgIpc) is 3.69. The number of piperazine rings is 1. The van der Waals surface area contributed by atoms with Gasteiger partial charge in [0.25, 0.3) is 0 Å². The fourth-order valence-corrected chi connectivity index (χ4v) is 9.24. The first-order valence-electron chi connectivity index (χ1n) is 17.9. The van der Waals surface area contributed by atoms with Crippen molar-refractivity contribution in [3.8, 4) is 0 Å². The third kappa shape index (κ3) is 6.63. The minimum atomic E-state index is -0.475. The fraction of sp³-hybridized carbons (Fsp3) is 0.595. The molecule has 3 N–H and O–H groups in total. The molecule has 48 heavy (non-hydrogen) atoms. The number of carbonyl (C=O) groups is 3. The molecule has 0 aliphatic carbocycles. The lowest BCUT2D eigenvalue weighted by Crippen LogP contribution is -2.54. The Morgan fingerprint density at radius 3 is 2.35 bits per heavy atom. The highest BCUT2D eigenvalue weighted by Gasteiger charge is 2.45. The second-order valence-electron chi connectivity index (χ2n) is 14.7. The number of carbonyl (C=O) groups excluding carboxylic acids is 3. The summed E-state index contributed by atoms with van der Waals surface area (Å²) in [5.41, 5.74) is 10.7. The number of hydrogen-bond donors (Lipinski definition) is 2. The summed E-state index contributed by atoms with van der Waals surface area (Å²) in [6.07, 6.45) is 6.01. The van der Waals surface area contributed by atoms with Gasteiger partial charge >= 0.3 is 6.03 Å². The Hall–Kier alpha value is -3.34. The number of nitrogens with zero attached hydrogens (tertiary/aromatic N) is 5. The first-order valence-corrected chi connectivity index (χ1v) is 18.3. The number of piperidine rings is 2. The Morgan fingerprint density at radius 1 is 0.958 bits per heavy atom. The molecule has 2 aromatic rings. The third-order valence-corrected chi connectivity index (χ3v) is 12.1. The van der Waals surface area contributed by atoms with Gasteiger partial charge in [0, 0.05) is 82.1 Å². The van der Waals surface area contributed by atoms with Crippen molar-refractivity contribution >= 4 is 40.8 Å². The number of para-hydroxylation sites is 1. The Bertz CT molecular complexity index is 1530. The molecule has 5 heterocycles. The van der Waals surface area contributed by atoms with Crippen LogP contribution in [0.3, 0.4) is 0 Å². The van der Waals surface area contributed by atoms with Crippen molar-refractivity contribution in [2.45, 2.75) is 89.0 Å². The number of anilines is 2. The fourth-order valence-electron chi connectivity index (χ4n) is 8.98.